The van der Waals surface area contributed by atoms with Crippen LogP contribution >= 0.6 is 22.7 Å². The minimum atomic E-state index is -0.0527. The highest BCUT2D eigenvalue weighted by molar-refractivity contribution is 7.09. The van der Waals surface area contributed by atoms with Gasteiger partial charge in [0.2, 0.25) is 17.6 Å². The molecule has 3 aromatic rings. The molecule has 3 rings (SSSR count). The molecule has 0 aliphatic rings. The van der Waals surface area contributed by atoms with E-state index in [2.05, 4.69) is 20.4 Å². The first-order chi connectivity index (χ1) is 10.7. The highest BCUT2D eigenvalue weighted by Crippen LogP contribution is 2.19. The number of carbonyl (C=O) groups excluding carboxylic acids is 1. The predicted octanol–water partition coefficient (Wildman–Crippen LogP) is 2.81. The second-order valence-electron chi connectivity index (χ2n) is 4.68. The average Bonchev–Trinajstić information content (AvgIpc) is 3.23. The smallest absolute Gasteiger partial charge is 0.227 e. The molecular weight excluding hydrogens is 320 g/mol. The first-order valence-electron chi connectivity index (χ1n) is 6.73. The Morgan fingerprint density at radius 3 is 3.00 bits per heavy atom. The second kappa shape index (κ2) is 6.80. The van der Waals surface area contributed by atoms with Crippen molar-refractivity contribution in [3.05, 3.63) is 38.8 Å². The van der Waals surface area contributed by atoms with E-state index in [4.69, 9.17) is 4.52 Å². The fourth-order valence-corrected chi connectivity index (χ4v) is 3.18. The van der Waals surface area contributed by atoms with Crippen molar-refractivity contribution in [3.63, 3.8) is 0 Å². The van der Waals surface area contributed by atoms with Gasteiger partial charge in [-0.2, -0.15) is 16.3 Å². The third-order valence-corrected chi connectivity index (χ3v) is 4.57. The van der Waals surface area contributed by atoms with Crippen LogP contribution in [0, 0.1) is 6.92 Å². The van der Waals surface area contributed by atoms with Crippen LogP contribution in [-0.4, -0.2) is 21.0 Å². The highest BCUT2D eigenvalue weighted by atomic mass is 32.1. The summed E-state index contributed by atoms with van der Waals surface area (Å²) in [6, 6.07) is 1.93. The summed E-state index contributed by atoms with van der Waals surface area (Å²) in [4.78, 5) is 20.4. The average molecular weight is 334 g/mol. The lowest BCUT2D eigenvalue weighted by atomic mass is 10.3. The van der Waals surface area contributed by atoms with Gasteiger partial charge in [0.1, 0.15) is 5.01 Å². The van der Waals surface area contributed by atoms with Gasteiger partial charge in [-0.15, -0.1) is 11.3 Å². The number of amides is 1. The van der Waals surface area contributed by atoms with Gasteiger partial charge in [-0.05, 0) is 18.4 Å². The molecule has 114 valence electrons. The predicted molar refractivity (Wildman–Crippen MR) is 84.6 cm³/mol. The molecular formula is C14H14N4O2S2. The Bertz CT molecular complexity index is 749. The van der Waals surface area contributed by atoms with Crippen molar-refractivity contribution in [2.24, 2.45) is 0 Å². The van der Waals surface area contributed by atoms with Crippen molar-refractivity contribution < 1.29 is 9.32 Å². The van der Waals surface area contributed by atoms with Gasteiger partial charge in [0.25, 0.3) is 0 Å². The monoisotopic (exact) mass is 334 g/mol. The quantitative estimate of drug-likeness (QED) is 0.749. The van der Waals surface area contributed by atoms with E-state index in [1.165, 1.54) is 0 Å². The number of nitrogens with one attached hydrogen (secondary N) is 1. The maximum atomic E-state index is 11.8. The molecule has 0 saturated heterocycles. The van der Waals surface area contributed by atoms with Gasteiger partial charge in [0.05, 0.1) is 6.54 Å². The molecule has 0 aliphatic carbocycles. The van der Waals surface area contributed by atoms with E-state index in [0.717, 1.165) is 16.3 Å². The first-order valence-corrected chi connectivity index (χ1v) is 8.56. The van der Waals surface area contributed by atoms with Crippen LogP contribution in [-0.2, 0) is 17.8 Å². The summed E-state index contributed by atoms with van der Waals surface area (Å²) in [6.45, 7) is 2.39. The van der Waals surface area contributed by atoms with Crippen LogP contribution in [0.2, 0.25) is 0 Å². The Morgan fingerprint density at radius 1 is 1.36 bits per heavy atom. The van der Waals surface area contributed by atoms with E-state index < -0.39 is 0 Å². The van der Waals surface area contributed by atoms with Crippen molar-refractivity contribution in [2.45, 2.75) is 26.3 Å². The zero-order chi connectivity index (χ0) is 15.4. The Labute approximate surface area is 135 Å². The largest absolute Gasteiger partial charge is 0.350 e. The van der Waals surface area contributed by atoms with Crippen molar-refractivity contribution in [3.8, 4) is 11.4 Å². The van der Waals surface area contributed by atoms with Crippen LogP contribution in [0.4, 0.5) is 0 Å². The summed E-state index contributed by atoms with van der Waals surface area (Å²) in [5, 5.41) is 13.5. The number of aryl methyl sites for hydroxylation is 2. The number of aromatic nitrogens is 3. The molecule has 3 heterocycles. The van der Waals surface area contributed by atoms with Crippen LogP contribution in [0.15, 0.2) is 26.7 Å². The molecule has 3 aromatic heterocycles. The lowest BCUT2D eigenvalue weighted by molar-refractivity contribution is -0.121. The Hall–Kier alpha value is -2.06. The van der Waals surface area contributed by atoms with Crippen LogP contribution in [0.25, 0.3) is 11.4 Å². The summed E-state index contributed by atoms with van der Waals surface area (Å²) in [5.74, 6) is 0.986. The van der Waals surface area contributed by atoms with Crippen molar-refractivity contribution in [1.29, 1.82) is 0 Å². The van der Waals surface area contributed by atoms with Crippen LogP contribution < -0.4 is 5.32 Å². The molecule has 22 heavy (non-hydrogen) atoms. The molecule has 1 N–H and O–H groups in total. The number of carbonyl (C=O) groups is 1. The van der Waals surface area contributed by atoms with E-state index in [0.29, 0.717) is 31.1 Å². The van der Waals surface area contributed by atoms with Gasteiger partial charge in [-0.3, -0.25) is 4.79 Å². The molecule has 0 aliphatic heterocycles. The Morgan fingerprint density at radius 2 is 2.27 bits per heavy atom. The third-order valence-electron chi connectivity index (χ3n) is 2.92. The van der Waals surface area contributed by atoms with Gasteiger partial charge < -0.3 is 9.84 Å². The minimum absolute atomic E-state index is 0.0527. The van der Waals surface area contributed by atoms with E-state index in [1.54, 1.807) is 22.7 Å². The van der Waals surface area contributed by atoms with Gasteiger partial charge in [0.15, 0.2) is 0 Å². The molecule has 0 radical (unpaired) electrons. The summed E-state index contributed by atoms with van der Waals surface area (Å²) in [5.41, 5.74) is 1.91. The van der Waals surface area contributed by atoms with E-state index in [1.807, 2.05) is 29.1 Å². The van der Waals surface area contributed by atoms with Crippen molar-refractivity contribution in [1.82, 2.24) is 20.4 Å². The molecule has 0 saturated carbocycles. The minimum Gasteiger partial charge on any atom is -0.350 e. The lowest BCUT2D eigenvalue weighted by Gasteiger charge is -2.00. The second-order valence-corrected chi connectivity index (χ2v) is 6.41. The van der Waals surface area contributed by atoms with Crippen molar-refractivity contribution in [2.75, 3.05) is 0 Å². The fraction of sp³-hybridized carbons (Fsp3) is 0.286. The third kappa shape index (κ3) is 3.77. The van der Waals surface area contributed by atoms with Gasteiger partial charge >= 0.3 is 0 Å². The first kappa shape index (κ1) is 14.9. The molecule has 6 nitrogen and oxygen atoms in total. The Kier molecular flexibility index (Phi) is 4.59. The standard InChI is InChI=1S/C14H14N4O2S2/c1-9-7-22-13(16-9)6-15-11(19)2-3-12-17-14(18-20-12)10-4-5-21-8-10/h4-5,7-8H,2-3,6H2,1H3,(H,15,19). The van der Waals surface area contributed by atoms with Gasteiger partial charge in [-0.25, -0.2) is 4.98 Å². The number of rotatable bonds is 6. The maximum absolute atomic E-state index is 11.8. The molecule has 0 fully saturated rings. The molecule has 0 bridgehead atoms. The molecule has 0 aromatic carbocycles. The van der Waals surface area contributed by atoms with E-state index >= 15 is 0 Å². The molecule has 1 amide bonds. The van der Waals surface area contributed by atoms with Gasteiger partial charge in [0, 0.05) is 34.9 Å². The van der Waals surface area contributed by atoms with Crippen LogP contribution in [0.3, 0.4) is 0 Å². The molecule has 0 atom stereocenters. The van der Waals surface area contributed by atoms with E-state index in [9.17, 15) is 4.79 Å². The topological polar surface area (TPSA) is 80.9 Å². The number of thiazole rings is 1. The highest BCUT2D eigenvalue weighted by Gasteiger charge is 2.11. The van der Waals surface area contributed by atoms with Crippen LogP contribution in [0.1, 0.15) is 23.0 Å². The maximum Gasteiger partial charge on any atom is 0.227 e. The summed E-state index contributed by atoms with van der Waals surface area (Å²) in [7, 11) is 0. The molecule has 0 unspecified atom stereocenters. The fourth-order valence-electron chi connectivity index (χ4n) is 1.83. The SMILES string of the molecule is Cc1csc(CNC(=O)CCc2nc(-c3ccsc3)no2)n1. The number of hydrogen-bond acceptors (Lipinski definition) is 7. The number of thiophene rings is 1. The zero-order valence-electron chi connectivity index (χ0n) is 11.9. The van der Waals surface area contributed by atoms with Gasteiger partial charge in [-0.1, -0.05) is 5.16 Å². The van der Waals surface area contributed by atoms with E-state index in [-0.39, 0.29) is 5.91 Å². The number of nitrogens with zero attached hydrogens (tertiary/aromatic N) is 3. The summed E-state index contributed by atoms with van der Waals surface area (Å²) in [6.07, 6.45) is 0.746. The molecule has 0 spiro atoms. The van der Waals surface area contributed by atoms with Crippen LogP contribution in [0.5, 0.6) is 0 Å². The molecule has 8 heteroatoms. The Balaban J connectivity index is 1.47. The lowest BCUT2D eigenvalue weighted by Crippen LogP contribution is -2.22. The normalized spacial score (nSPS) is 10.8. The van der Waals surface area contributed by atoms with Crippen molar-refractivity contribution >= 4 is 28.6 Å². The number of hydrogen-bond donors (Lipinski definition) is 1. The zero-order valence-corrected chi connectivity index (χ0v) is 13.5. The summed E-state index contributed by atoms with van der Waals surface area (Å²) < 4.78 is 5.16. The summed E-state index contributed by atoms with van der Waals surface area (Å²) >= 11 is 3.12.